The minimum atomic E-state index is -0.599. The van der Waals surface area contributed by atoms with Gasteiger partial charge in [0.05, 0.1) is 18.4 Å². The molecule has 0 bridgehead atoms. The first-order valence-electron chi connectivity index (χ1n) is 10.6. The van der Waals surface area contributed by atoms with Crippen molar-refractivity contribution in [2.75, 3.05) is 43.1 Å². The van der Waals surface area contributed by atoms with Gasteiger partial charge in [-0.2, -0.15) is 0 Å². The van der Waals surface area contributed by atoms with Gasteiger partial charge in [-0.25, -0.2) is 15.4 Å². The number of carbonyl (C=O) groups excluding carboxylic acids is 1. The number of carbonyl (C=O) groups is 1. The summed E-state index contributed by atoms with van der Waals surface area (Å²) in [6.07, 6.45) is 1.74. The molecule has 0 spiro atoms. The third-order valence-corrected chi connectivity index (χ3v) is 5.78. The Morgan fingerprint density at radius 1 is 1.06 bits per heavy atom. The molecule has 1 aliphatic heterocycles. The molecule has 1 saturated heterocycles. The molecule has 3 heterocycles. The maximum absolute atomic E-state index is 11.6. The van der Waals surface area contributed by atoms with E-state index >= 15 is 0 Å². The van der Waals surface area contributed by atoms with Crippen LogP contribution in [0.4, 0.5) is 11.5 Å². The number of anilines is 2. The third kappa shape index (κ3) is 4.06. The van der Waals surface area contributed by atoms with Gasteiger partial charge in [-0.15, -0.1) is 0 Å². The van der Waals surface area contributed by atoms with Gasteiger partial charge in [0.2, 0.25) is 5.89 Å². The largest absolute Gasteiger partial charge is 0.495 e. The van der Waals surface area contributed by atoms with E-state index in [9.17, 15) is 4.79 Å². The fourth-order valence-corrected chi connectivity index (χ4v) is 4.02. The fraction of sp³-hybridized carbons (Fsp3) is 0.208. The number of methoxy groups -OCH3 is 1. The Morgan fingerprint density at radius 3 is 2.58 bits per heavy atom. The van der Waals surface area contributed by atoms with Crippen molar-refractivity contribution in [1.29, 1.82) is 0 Å². The quantitative estimate of drug-likeness (QED) is 0.356. The van der Waals surface area contributed by atoms with Crippen molar-refractivity contribution in [3.05, 3.63) is 66.4 Å². The van der Waals surface area contributed by atoms with Crippen LogP contribution in [0.5, 0.6) is 5.75 Å². The van der Waals surface area contributed by atoms with E-state index < -0.39 is 5.91 Å². The van der Waals surface area contributed by atoms with Gasteiger partial charge in [0, 0.05) is 37.9 Å². The number of oxazole rings is 1. The van der Waals surface area contributed by atoms with Gasteiger partial charge < -0.3 is 19.0 Å². The monoisotopic (exact) mass is 445 g/mol. The van der Waals surface area contributed by atoms with Crippen molar-refractivity contribution >= 4 is 28.5 Å². The van der Waals surface area contributed by atoms with Gasteiger partial charge in [0.1, 0.15) is 17.1 Å². The zero-order valence-corrected chi connectivity index (χ0v) is 18.1. The van der Waals surface area contributed by atoms with Crippen LogP contribution < -0.4 is 20.0 Å². The van der Waals surface area contributed by atoms with Crippen molar-refractivity contribution in [2.45, 2.75) is 0 Å². The molecule has 0 unspecified atom stereocenters. The first-order chi connectivity index (χ1) is 16.2. The number of nitrogens with zero attached hydrogens (tertiary/aromatic N) is 4. The molecule has 1 amide bonds. The number of fused-ring (bicyclic) bond motifs is 1. The third-order valence-electron chi connectivity index (χ3n) is 5.78. The Labute approximate surface area is 190 Å². The topological polar surface area (TPSA) is 104 Å². The number of piperazine rings is 1. The number of hydroxylamine groups is 1. The van der Waals surface area contributed by atoms with Crippen LogP contribution >= 0.6 is 0 Å². The second kappa shape index (κ2) is 8.79. The molecular weight excluding hydrogens is 422 g/mol. The van der Waals surface area contributed by atoms with Crippen LogP contribution in [-0.4, -0.2) is 54.4 Å². The maximum Gasteiger partial charge on any atom is 0.274 e. The Kier molecular flexibility index (Phi) is 5.54. The molecule has 4 aromatic rings. The van der Waals surface area contributed by atoms with E-state index in [4.69, 9.17) is 14.4 Å². The fourth-order valence-electron chi connectivity index (χ4n) is 4.02. The molecule has 33 heavy (non-hydrogen) atoms. The van der Waals surface area contributed by atoms with E-state index in [-0.39, 0.29) is 0 Å². The van der Waals surface area contributed by atoms with E-state index in [1.165, 1.54) is 0 Å². The predicted molar refractivity (Wildman–Crippen MR) is 124 cm³/mol. The van der Waals surface area contributed by atoms with E-state index in [2.05, 4.69) is 25.8 Å². The number of ether oxygens (including phenoxy) is 1. The first kappa shape index (κ1) is 20.8. The van der Waals surface area contributed by atoms with Crippen LogP contribution in [0, 0.1) is 0 Å². The number of benzene rings is 2. The van der Waals surface area contributed by atoms with E-state index in [1.807, 2.05) is 30.3 Å². The molecule has 9 heteroatoms. The highest BCUT2D eigenvalue weighted by molar-refractivity contribution is 5.96. The summed E-state index contributed by atoms with van der Waals surface area (Å²) in [6.45, 7) is 3.45. The molecule has 1 aliphatic rings. The van der Waals surface area contributed by atoms with Crippen molar-refractivity contribution in [3.63, 3.8) is 0 Å². The summed E-state index contributed by atoms with van der Waals surface area (Å²) in [6, 6.07) is 16.8. The van der Waals surface area contributed by atoms with Crippen LogP contribution in [0.1, 0.15) is 10.4 Å². The molecule has 1 fully saturated rings. The van der Waals surface area contributed by atoms with Crippen molar-refractivity contribution < 1.29 is 19.2 Å². The average Bonchev–Trinajstić information content (AvgIpc) is 3.32. The highest BCUT2D eigenvalue weighted by Gasteiger charge is 2.21. The molecule has 2 aromatic carbocycles. The van der Waals surface area contributed by atoms with Crippen LogP contribution in [0.15, 0.2) is 65.2 Å². The van der Waals surface area contributed by atoms with Gasteiger partial charge in [-0.3, -0.25) is 10.0 Å². The van der Waals surface area contributed by atoms with Crippen molar-refractivity contribution in [1.82, 2.24) is 15.4 Å². The SMILES string of the molecule is COc1ccccc1N1CCN(c2ccc(-c3nc4cc(C(=O)NO)ccc4o3)cn2)CC1. The molecule has 0 aliphatic carbocycles. The Bertz CT molecular complexity index is 1280. The second-order valence-corrected chi connectivity index (χ2v) is 7.69. The summed E-state index contributed by atoms with van der Waals surface area (Å²) in [7, 11) is 1.70. The number of nitrogens with one attached hydrogen (secondary N) is 1. The first-order valence-corrected chi connectivity index (χ1v) is 10.6. The summed E-state index contributed by atoms with van der Waals surface area (Å²) >= 11 is 0. The minimum absolute atomic E-state index is 0.297. The molecular formula is C24H23N5O4. The van der Waals surface area contributed by atoms with Crippen LogP contribution in [0.25, 0.3) is 22.6 Å². The van der Waals surface area contributed by atoms with Crippen molar-refractivity contribution in [3.8, 4) is 17.2 Å². The number of pyridine rings is 1. The molecule has 0 saturated carbocycles. The molecule has 168 valence electrons. The lowest BCUT2D eigenvalue weighted by molar-refractivity contribution is 0.0706. The van der Waals surface area contributed by atoms with Gasteiger partial charge in [-0.1, -0.05) is 12.1 Å². The number of hydrogen-bond donors (Lipinski definition) is 2. The summed E-state index contributed by atoms with van der Waals surface area (Å²) in [4.78, 5) is 25.3. The van der Waals surface area contributed by atoms with E-state index in [1.54, 1.807) is 37.0 Å². The van der Waals surface area contributed by atoms with Crippen LogP contribution in [-0.2, 0) is 0 Å². The molecule has 0 atom stereocenters. The minimum Gasteiger partial charge on any atom is -0.495 e. The Morgan fingerprint density at radius 2 is 1.85 bits per heavy atom. The van der Waals surface area contributed by atoms with Gasteiger partial charge in [0.25, 0.3) is 5.91 Å². The van der Waals surface area contributed by atoms with E-state index in [0.29, 0.717) is 22.6 Å². The van der Waals surface area contributed by atoms with Crippen molar-refractivity contribution in [2.24, 2.45) is 0 Å². The summed E-state index contributed by atoms with van der Waals surface area (Å²) in [5, 5.41) is 8.81. The lowest BCUT2D eigenvalue weighted by Gasteiger charge is -2.37. The summed E-state index contributed by atoms with van der Waals surface area (Å²) < 4.78 is 11.3. The summed E-state index contributed by atoms with van der Waals surface area (Å²) in [5.41, 5.74) is 4.85. The van der Waals surface area contributed by atoms with E-state index in [0.717, 1.165) is 49.0 Å². The zero-order valence-electron chi connectivity index (χ0n) is 18.1. The highest BCUT2D eigenvalue weighted by atomic mass is 16.5. The molecule has 2 aromatic heterocycles. The molecule has 2 N–H and O–H groups in total. The highest BCUT2D eigenvalue weighted by Crippen LogP contribution is 2.30. The number of aromatic nitrogens is 2. The summed E-state index contributed by atoms with van der Waals surface area (Å²) in [5.74, 6) is 1.61. The number of rotatable bonds is 5. The molecule has 0 radical (unpaired) electrons. The lowest BCUT2D eigenvalue weighted by Crippen LogP contribution is -2.46. The number of para-hydroxylation sites is 2. The number of hydrogen-bond acceptors (Lipinski definition) is 8. The zero-order chi connectivity index (χ0) is 22.8. The Hall–Kier alpha value is -4.11. The smallest absolute Gasteiger partial charge is 0.274 e. The normalized spacial score (nSPS) is 13.9. The average molecular weight is 445 g/mol. The molecule has 9 nitrogen and oxygen atoms in total. The lowest BCUT2D eigenvalue weighted by atomic mass is 10.2. The Balaban J connectivity index is 1.29. The maximum atomic E-state index is 11.6. The van der Waals surface area contributed by atoms with Crippen LogP contribution in [0.2, 0.25) is 0 Å². The van der Waals surface area contributed by atoms with Crippen LogP contribution in [0.3, 0.4) is 0 Å². The second-order valence-electron chi connectivity index (χ2n) is 7.69. The standard InChI is InChI=1S/C24H23N5O4/c1-32-21-5-3-2-4-19(21)28-10-12-29(13-11-28)22-9-7-17(15-25-22)24-26-18-14-16(23(30)27-31)6-8-20(18)33-24/h2-9,14-15,31H,10-13H2,1H3,(H,27,30). The number of amides is 1. The molecule has 5 rings (SSSR count). The van der Waals surface area contributed by atoms with Gasteiger partial charge >= 0.3 is 0 Å². The van der Waals surface area contributed by atoms with Gasteiger partial charge in [0.15, 0.2) is 5.58 Å². The predicted octanol–water partition coefficient (Wildman–Crippen LogP) is 3.34. The van der Waals surface area contributed by atoms with Gasteiger partial charge in [-0.05, 0) is 42.5 Å².